The maximum absolute atomic E-state index is 13.1. The molecule has 6 nitrogen and oxygen atoms in total. The highest BCUT2D eigenvalue weighted by Gasteiger charge is 2.30. The first-order valence-electron chi connectivity index (χ1n) is 8.67. The Hall–Kier alpha value is -2.76. The van der Waals surface area contributed by atoms with Crippen molar-refractivity contribution in [2.75, 3.05) is 6.54 Å². The second kappa shape index (κ2) is 6.63. The minimum absolute atomic E-state index is 0.0683. The van der Waals surface area contributed by atoms with E-state index < -0.39 is 0 Å². The number of furan rings is 1. The van der Waals surface area contributed by atoms with E-state index >= 15 is 0 Å². The lowest BCUT2D eigenvalue weighted by molar-refractivity contribution is 0.0664. The number of carbonyl (C=O) groups excluding carboxylic acids is 1. The molecule has 0 aromatic carbocycles. The van der Waals surface area contributed by atoms with Crippen LogP contribution < -0.4 is 0 Å². The number of hydrogen-bond donors (Lipinski definition) is 0. The molecule has 0 aliphatic carbocycles. The smallest absolute Gasteiger partial charge is 0.276 e. The van der Waals surface area contributed by atoms with Crippen LogP contribution in [0.5, 0.6) is 0 Å². The van der Waals surface area contributed by atoms with Gasteiger partial charge in [0.25, 0.3) is 5.91 Å². The molecular formula is C19H21N3O3. The van der Waals surface area contributed by atoms with Gasteiger partial charge in [-0.2, -0.15) is 0 Å². The van der Waals surface area contributed by atoms with Crippen molar-refractivity contribution in [2.45, 2.75) is 31.7 Å². The van der Waals surface area contributed by atoms with Crippen LogP contribution in [0.4, 0.5) is 0 Å². The summed E-state index contributed by atoms with van der Waals surface area (Å²) in [5.74, 6) is 0.953. The van der Waals surface area contributed by atoms with Gasteiger partial charge in [-0.05, 0) is 37.1 Å². The predicted molar refractivity (Wildman–Crippen MR) is 91.9 cm³/mol. The van der Waals surface area contributed by atoms with Crippen LogP contribution in [0.15, 0.2) is 51.7 Å². The number of carbonyl (C=O) groups is 1. The Morgan fingerprint density at radius 2 is 2.12 bits per heavy atom. The van der Waals surface area contributed by atoms with E-state index in [-0.39, 0.29) is 11.9 Å². The summed E-state index contributed by atoms with van der Waals surface area (Å²) >= 11 is 0. The molecule has 1 unspecified atom stereocenters. The predicted octanol–water partition coefficient (Wildman–Crippen LogP) is 4.03. The van der Waals surface area contributed by atoms with Gasteiger partial charge >= 0.3 is 0 Å². The van der Waals surface area contributed by atoms with Crippen LogP contribution in [0.2, 0.25) is 0 Å². The zero-order valence-corrected chi connectivity index (χ0v) is 14.2. The molecule has 130 valence electrons. The van der Waals surface area contributed by atoms with E-state index in [1.807, 2.05) is 24.2 Å². The first kappa shape index (κ1) is 15.7. The molecule has 25 heavy (non-hydrogen) atoms. The maximum Gasteiger partial charge on any atom is 0.276 e. The van der Waals surface area contributed by atoms with Gasteiger partial charge < -0.3 is 18.4 Å². The molecule has 3 aromatic heterocycles. The first-order valence-corrected chi connectivity index (χ1v) is 8.67. The zero-order valence-electron chi connectivity index (χ0n) is 14.2. The first-order chi connectivity index (χ1) is 12.2. The highest BCUT2D eigenvalue weighted by Crippen LogP contribution is 2.32. The third kappa shape index (κ3) is 2.99. The molecule has 0 N–H and O–H groups in total. The van der Waals surface area contributed by atoms with Crippen LogP contribution in [-0.2, 0) is 7.05 Å². The summed E-state index contributed by atoms with van der Waals surface area (Å²) in [6.45, 7) is 0.734. The van der Waals surface area contributed by atoms with Crippen LogP contribution in [0, 0.1) is 0 Å². The van der Waals surface area contributed by atoms with Crippen LogP contribution in [-0.4, -0.2) is 27.1 Å². The maximum atomic E-state index is 13.1. The van der Waals surface area contributed by atoms with Crippen LogP contribution in [0.3, 0.4) is 0 Å². The molecule has 4 rings (SSSR count). The fraction of sp³-hybridized carbons (Fsp3) is 0.368. The van der Waals surface area contributed by atoms with Gasteiger partial charge in [-0.3, -0.25) is 4.79 Å². The normalized spacial score (nSPS) is 18.3. The SMILES string of the molecule is Cn1cccc1C1CCCCCN1C(=O)c1cc(-c2ccco2)on1. The molecule has 1 amide bonds. The number of aryl methyl sites for hydroxylation is 1. The average molecular weight is 339 g/mol. The number of aromatic nitrogens is 2. The van der Waals surface area contributed by atoms with Gasteiger partial charge in [0.2, 0.25) is 5.76 Å². The van der Waals surface area contributed by atoms with Gasteiger partial charge in [0.15, 0.2) is 11.5 Å². The van der Waals surface area contributed by atoms with E-state index in [2.05, 4.69) is 15.8 Å². The van der Waals surface area contributed by atoms with Gasteiger partial charge in [-0.25, -0.2) is 0 Å². The number of likely N-dealkylation sites (tertiary alicyclic amines) is 1. The van der Waals surface area contributed by atoms with E-state index in [0.29, 0.717) is 17.2 Å². The number of hydrogen-bond acceptors (Lipinski definition) is 4. The lowest BCUT2D eigenvalue weighted by Gasteiger charge is -2.30. The molecule has 0 spiro atoms. The highest BCUT2D eigenvalue weighted by atomic mass is 16.5. The molecule has 1 atom stereocenters. The number of rotatable bonds is 3. The Labute approximate surface area is 146 Å². The molecule has 0 saturated carbocycles. The van der Waals surface area contributed by atoms with E-state index in [0.717, 1.165) is 37.9 Å². The molecule has 3 aromatic rings. The average Bonchev–Trinajstić information content (AvgIpc) is 3.33. The van der Waals surface area contributed by atoms with E-state index in [1.54, 1.807) is 24.5 Å². The van der Waals surface area contributed by atoms with Gasteiger partial charge in [0.05, 0.1) is 12.3 Å². The van der Waals surface area contributed by atoms with Crippen molar-refractivity contribution in [3.05, 3.63) is 54.2 Å². The second-order valence-corrected chi connectivity index (χ2v) is 6.46. The van der Waals surface area contributed by atoms with Crippen molar-refractivity contribution in [1.29, 1.82) is 0 Å². The lowest BCUT2D eigenvalue weighted by atomic mass is 10.1. The molecule has 1 aliphatic rings. The second-order valence-electron chi connectivity index (χ2n) is 6.46. The Bertz CT molecular complexity index is 847. The van der Waals surface area contributed by atoms with Crippen LogP contribution in [0.1, 0.15) is 47.9 Å². The van der Waals surface area contributed by atoms with Crippen molar-refractivity contribution in [1.82, 2.24) is 14.6 Å². The zero-order chi connectivity index (χ0) is 17.2. The Morgan fingerprint density at radius 3 is 2.88 bits per heavy atom. The topological polar surface area (TPSA) is 64.4 Å². The summed E-state index contributed by atoms with van der Waals surface area (Å²) in [5.41, 5.74) is 1.48. The van der Waals surface area contributed by atoms with Crippen molar-refractivity contribution < 1.29 is 13.7 Å². The molecule has 0 bridgehead atoms. The standard InChI is InChI=1S/C19H21N3O3/c1-21-10-5-8-15(21)16-7-3-2-4-11-22(16)19(23)14-13-18(25-20-14)17-9-6-12-24-17/h5-6,8-10,12-13,16H,2-4,7,11H2,1H3. The molecule has 1 saturated heterocycles. The third-order valence-electron chi connectivity index (χ3n) is 4.83. The van der Waals surface area contributed by atoms with Gasteiger partial charge in [0.1, 0.15) is 0 Å². The van der Waals surface area contributed by atoms with Crippen molar-refractivity contribution in [3.63, 3.8) is 0 Å². The van der Waals surface area contributed by atoms with E-state index in [1.165, 1.54) is 0 Å². The van der Waals surface area contributed by atoms with Crippen LogP contribution >= 0.6 is 0 Å². The molecule has 1 fully saturated rings. The Kier molecular flexibility index (Phi) is 4.17. The van der Waals surface area contributed by atoms with Gasteiger partial charge in [-0.15, -0.1) is 0 Å². The monoisotopic (exact) mass is 339 g/mol. The highest BCUT2D eigenvalue weighted by molar-refractivity contribution is 5.93. The molecule has 0 radical (unpaired) electrons. The fourth-order valence-electron chi connectivity index (χ4n) is 3.54. The lowest BCUT2D eigenvalue weighted by Crippen LogP contribution is -2.35. The summed E-state index contributed by atoms with van der Waals surface area (Å²) in [5, 5.41) is 3.98. The summed E-state index contributed by atoms with van der Waals surface area (Å²) in [6.07, 6.45) is 7.83. The molecular weight excluding hydrogens is 318 g/mol. The van der Waals surface area contributed by atoms with Gasteiger partial charge in [0, 0.05) is 31.5 Å². The summed E-state index contributed by atoms with van der Waals surface area (Å²) in [7, 11) is 2.02. The Morgan fingerprint density at radius 1 is 1.20 bits per heavy atom. The third-order valence-corrected chi connectivity index (χ3v) is 4.83. The quantitative estimate of drug-likeness (QED) is 0.722. The number of amides is 1. The fourth-order valence-corrected chi connectivity index (χ4v) is 3.54. The summed E-state index contributed by atoms with van der Waals surface area (Å²) in [6, 6.07) is 9.40. The summed E-state index contributed by atoms with van der Waals surface area (Å²) in [4.78, 5) is 15.1. The Balaban J connectivity index is 1.63. The van der Waals surface area contributed by atoms with Crippen LogP contribution in [0.25, 0.3) is 11.5 Å². The molecule has 6 heteroatoms. The van der Waals surface area contributed by atoms with Gasteiger partial charge in [-0.1, -0.05) is 18.0 Å². The van der Waals surface area contributed by atoms with E-state index in [4.69, 9.17) is 8.94 Å². The largest absolute Gasteiger partial charge is 0.461 e. The van der Waals surface area contributed by atoms with Crippen molar-refractivity contribution >= 4 is 5.91 Å². The molecule has 4 heterocycles. The number of nitrogens with zero attached hydrogens (tertiary/aromatic N) is 3. The summed E-state index contributed by atoms with van der Waals surface area (Å²) < 4.78 is 12.7. The van der Waals surface area contributed by atoms with Crippen molar-refractivity contribution in [3.8, 4) is 11.5 Å². The minimum Gasteiger partial charge on any atom is -0.461 e. The molecule has 1 aliphatic heterocycles. The van der Waals surface area contributed by atoms with E-state index in [9.17, 15) is 4.79 Å². The van der Waals surface area contributed by atoms with Crippen molar-refractivity contribution in [2.24, 2.45) is 7.05 Å². The minimum atomic E-state index is -0.0883.